The summed E-state index contributed by atoms with van der Waals surface area (Å²) in [7, 11) is 0. The fourth-order valence-electron chi connectivity index (χ4n) is 2.38. The zero-order valence-corrected chi connectivity index (χ0v) is 16.5. The van der Waals surface area contributed by atoms with E-state index >= 15 is 0 Å². The second-order valence-corrected chi connectivity index (χ2v) is 7.05. The lowest BCUT2D eigenvalue weighted by molar-refractivity contribution is -0.112. The highest BCUT2D eigenvalue weighted by Crippen LogP contribution is 2.18. The summed E-state index contributed by atoms with van der Waals surface area (Å²) < 4.78 is 1.05. The maximum atomic E-state index is 12.2. The zero-order chi connectivity index (χ0) is 18.9. The lowest BCUT2D eigenvalue weighted by Gasteiger charge is -2.08. The highest BCUT2D eigenvalue weighted by Gasteiger charge is 2.09. The van der Waals surface area contributed by atoms with Gasteiger partial charge in [-0.1, -0.05) is 60.1 Å². The van der Waals surface area contributed by atoms with Gasteiger partial charge in [0.25, 0.3) is 5.91 Å². The first kappa shape index (κ1) is 19.7. The summed E-state index contributed by atoms with van der Waals surface area (Å²) in [4.78, 5) is 12.2. The fourth-order valence-corrected chi connectivity index (χ4v) is 2.86. The van der Waals surface area contributed by atoms with E-state index in [1.807, 2.05) is 54.6 Å². The molecule has 0 aliphatic carbocycles. The minimum absolute atomic E-state index is 0.0464. The van der Waals surface area contributed by atoms with Crippen LogP contribution in [0.5, 0.6) is 0 Å². The van der Waals surface area contributed by atoms with Gasteiger partial charge in [0, 0.05) is 22.9 Å². The summed E-state index contributed by atoms with van der Waals surface area (Å²) >= 11 is 3.51. The molecule has 0 saturated heterocycles. The molecule has 0 saturated carbocycles. The molecule has 134 valence electrons. The molecule has 2 N–H and O–H groups in total. The Morgan fingerprint density at radius 3 is 2.50 bits per heavy atom. The van der Waals surface area contributed by atoms with Gasteiger partial charge in [0.1, 0.15) is 11.6 Å². The van der Waals surface area contributed by atoms with Gasteiger partial charge in [0.2, 0.25) is 0 Å². The molecule has 2 aromatic rings. The molecule has 0 aromatic heterocycles. The van der Waals surface area contributed by atoms with Crippen LogP contribution in [0, 0.1) is 11.3 Å². The van der Waals surface area contributed by atoms with Crippen molar-refractivity contribution in [2.24, 2.45) is 0 Å². The molecule has 0 aliphatic heterocycles. The number of hydrogen-bond donors (Lipinski definition) is 2. The van der Waals surface area contributed by atoms with Crippen LogP contribution < -0.4 is 10.6 Å². The van der Waals surface area contributed by atoms with Crippen molar-refractivity contribution in [2.75, 3.05) is 11.9 Å². The van der Waals surface area contributed by atoms with Crippen LogP contribution in [0.2, 0.25) is 0 Å². The van der Waals surface area contributed by atoms with E-state index in [9.17, 15) is 10.1 Å². The normalized spacial score (nSPS) is 11.1. The lowest BCUT2D eigenvalue weighted by Crippen LogP contribution is -2.18. The molecule has 0 aliphatic rings. The fraction of sp³-hybridized carbons (Fsp3) is 0.238. The van der Waals surface area contributed by atoms with E-state index in [1.165, 1.54) is 17.3 Å². The second kappa shape index (κ2) is 9.79. The summed E-state index contributed by atoms with van der Waals surface area (Å²) in [5.41, 5.74) is 3.09. The smallest absolute Gasteiger partial charge is 0.267 e. The number of benzene rings is 2. The number of amides is 1. The van der Waals surface area contributed by atoms with E-state index in [-0.39, 0.29) is 5.57 Å². The number of rotatable bonds is 7. The van der Waals surface area contributed by atoms with Crippen molar-refractivity contribution in [3.8, 4) is 6.07 Å². The Balaban J connectivity index is 1.90. The molecule has 26 heavy (non-hydrogen) atoms. The van der Waals surface area contributed by atoms with Crippen LogP contribution in [0.25, 0.3) is 0 Å². The topological polar surface area (TPSA) is 64.9 Å². The largest absolute Gasteiger partial charge is 0.389 e. The molecule has 0 fully saturated rings. The maximum absolute atomic E-state index is 12.2. The molecule has 4 nitrogen and oxygen atoms in total. The van der Waals surface area contributed by atoms with E-state index in [0.717, 1.165) is 10.9 Å². The zero-order valence-electron chi connectivity index (χ0n) is 14.9. The quantitative estimate of drug-likeness (QED) is 0.392. The van der Waals surface area contributed by atoms with E-state index in [4.69, 9.17) is 0 Å². The average molecular weight is 412 g/mol. The van der Waals surface area contributed by atoms with Crippen molar-refractivity contribution in [3.63, 3.8) is 0 Å². The number of halogens is 1. The highest BCUT2D eigenvalue weighted by molar-refractivity contribution is 9.10. The predicted octanol–water partition coefficient (Wildman–Crippen LogP) is 4.75. The molecule has 0 bridgehead atoms. The van der Waals surface area contributed by atoms with E-state index in [0.29, 0.717) is 18.2 Å². The van der Waals surface area contributed by atoms with Gasteiger partial charge in [-0.3, -0.25) is 4.79 Å². The van der Waals surface area contributed by atoms with E-state index in [1.54, 1.807) is 0 Å². The number of anilines is 1. The van der Waals surface area contributed by atoms with Gasteiger partial charge in [0.15, 0.2) is 0 Å². The van der Waals surface area contributed by atoms with Gasteiger partial charge in [-0.05, 0) is 41.7 Å². The SMILES string of the molecule is CC(C)c1ccc(NC(=O)/C(C#N)=C\NCCc2ccccc2Br)cc1. The molecular weight excluding hydrogens is 390 g/mol. The van der Waals surface area contributed by atoms with Crippen LogP contribution in [0.1, 0.15) is 30.9 Å². The number of carbonyl (C=O) groups is 1. The highest BCUT2D eigenvalue weighted by atomic mass is 79.9. The average Bonchev–Trinajstić information content (AvgIpc) is 2.63. The number of carbonyl (C=O) groups excluding carboxylic acids is 1. The third-order valence-corrected chi connectivity index (χ3v) is 4.72. The summed E-state index contributed by atoms with van der Waals surface area (Å²) in [5, 5.41) is 15.0. The standard InChI is InChI=1S/C21H22BrN3O/c1-15(2)16-7-9-19(10-8-16)25-21(26)18(13-23)14-24-12-11-17-5-3-4-6-20(17)22/h3-10,14-15,24H,11-12H2,1-2H3,(H,25,26)/b18-14-. The van der Waals surface area contributed by atoms with Crippen LogP contribution in [-0.4, -0.2) is 12.5 Å². The molecule has 2 aromatic carbocycles. The van der Waals surface area contributed by atoms with Crippen LogP contribution in [0.3, 0.4) is 0 Å². The molecule has 2 rings (SSSR count). The Morgan fingerprint density at radius 2 is 1.88 bits per heavy atom. The number of nitriles is 1. The van der Waals surface area contributed by atoms with Crippen molar-refractivity contribution in [3.05, 3.63) is 75.9 Å². The van der Waals surface area contributed by atoms with Crippen LogP contribution in [0.15, 0.2) is 64.8 Å². The van der Waals surface area contributed by atoms with Crippen LogP contribution >= 0.6 is 15.9 Å². The van der Waals surface area contributed by atoms with Crippen LogP contribution in [0.4, 0.5) is 5.69 Å². The Morgan fingerprint density at radius 1 is 1.19 bits per heavy atom. The van der Waals surface area contributed by atoms with Crippen molar-refractivity contribution >= 4 is 27.5 Å². The molecule has 0 atom stereocenters. The number of nitrogens with one attached hydrogen (secondary N) is 2. The molecule has 5 heteroatoms. The lowest BCUT2D eigenvalue weighted by atomic mass is 10.0. The van der Waals surface area contributed by atoms with Gasteiger partial charge in [-0.25, -0.2) is 0 Å². The molecule has 0 unspecified atom stereocenters. The predicted molar refractivity (Wildman–Crippen MR) is 109 cm³/mol. The molecule has 0 spiro atoms. The second-order valence-electron chi connectivity index (χ2n) is 6.20. The van der Waals surface area contributed by atoms with Gasteiger partial charge >= 0.3 is 0 Å². The Kier molecular flexibility index (Phi) is 7.43. The van der Waals surface area contributed by atoms with Crippen molar-refractivity contribution in [1.29, 1.82) is 5.26 Å². The first-order valence-electron chi connectivity index (χ1n) is 8.49. The Bertz CT molecular complexity index is 820. The minimum Gasteiger partial charge on any atom is -0.389 e. The van der Waals surface area contributed by atoms with E-state index < -0.39 is 5.91 Å². The molecular formula is C21H22BrN3O. The van der Waals surface area contributed by atoms with Gasteiger partial charge in [-0.15, -0.1) is 0 Å². The van der Waals surface area contributed by atoms with Crippen molar-refractivity contribution < 1.29 is 4.79 Å². The third kappa shape index (κ3) is 5.75. The molecule has 0 radical (unpaired) electrons. The van der Waals surface area contributed by atoms with Gasteiger partial charge < -0.3 is 10.6 Å². The van der Waals surface area contributed by atoms with Gasteiger partial charge in [-0.2, -0.15) is 5.26 Å². The Labute approximate surface area is 163 Å². The summed E-state index contributed by atoms with van der Waals surface area (Å²) in [6, 6.07) is 17.6. The number of hydrogen-bond acceptors (Lipinski definition) is 3. The van der Waals surface area contributed by atoms with Crippen molar-refractivity contribution in [2.45, 2.75) is 26.2 Å². The minimum atomic E-state index is -0.418. The van der Waals surface area contributed by atoms with Crippen molar-refractivity contribution in [1.82, 2.24) is 5.32 Å². The molecule has 0 heterocycles. The summed E-state index contributed by atoms with van der Waals surface area (Å²) in [6.07, 6.45) is 2.25. The monoisotopic (exact) mass is 411 g/mol. The molecule has 1 amide bonds. The maximum Gasteiger partial charge on any atom is 0.267 e. The number of nitrogens with zero attached hydrogens (tertiary/aromatic N) is 1. The third-order valence-electron chi connectivity index (χ3n) is 3.94. The van der Waals surface area contributed by atoms with Gasteiger partial charge in [0.05, 0.1) is 0 Å². The summed E-state index contributed by atoms with van der Waals surface area (Å²) in [5.74, 6) is 0.0151. The van der Waals surface area contributed by atoms with Crippen LogP contribution in [-0.2, 0) is 11.2 Å². The first-order valence-corrected chi connectivity index (χ1v) is 9.29. The summed E-state index contributed by atoms with van der Waals surface area (Å²) in [6.45, 7) is 4.86. The first-order chi connectivity index (χ1) is 12.5. The van der Waals surface area contributed by atoms with E-state index in [2.05, 4.69) is 40.4 Å². The Hall–Kier alpha value is -2.58.